The minimum Gasteiger partial charge on any atom is -0.304 e. The highest BCUT2D eigenvalue weighted by molar-refractivity contribution is 9.10. The highest BCUT2D eigenvalue weighted by atomic mass is 79.9. The van der Waals surface area contributed by atoms with Crippen molar-refractivity contribution in [2.75, 3.05) is 0 Å². The third-order valence-electron chi connectivity index (χ3n) is 2.36. The third-order valence-corrected chi connectivity index (χ3v) is 3.45. The molecule has 1 atom stereocenters. The molecule has 0 amide bonds. The second kappa shape index (κ2) is 5.52. The van der Waals surface area contributed by atoms with Gasteiger partial charge in [-0.05, 0) is 36.2 Å². The van der Waals surface area contributed by atoms with E-state index < -0.39 is 0 Å². The first kappa shape index (κ1) is 11.7. The molecule has 0 aliphatic carbocycles. The molecule has 0 radical (unpaired) electrons. The van der Waals surface area contributed by atoms with Crippen LogP contribution in [0.1, 0.15) is 24.2 Å². The van der Waals surface area contributed by atoms with Crippen LogP contribution in [0.5, 0.6) is 0 Å². The van der Waals surface area contributed by atoms with Gasteiger partial charge in [0.1, 0.15) is 0 Å². The molecule has 2 rings (SSSR count). The monoisotopic (exact) mass is 297 g/mol. The van der Waals surface area contributed by atoms with E-state index >= 15 is 0 Å². The maximum Gasteiger partial charge on any atom is 0.0893 e. The van der Waals surface area contributed by atoms with Crippen LogP contribution in [0.25, 0.3) is 0 Å². The summed E-state index contributed by atoms with van der Waals surface area (Å²) in [4.78, 5) is 0. The van der Waals surface area contributed by atoms with Crippen molar-refractivity contribution in [2.45, 2.75) is 19.5 Å². The summed E-state index contributed by atoms with van der Waals surface area (Å²) in [5.41, 5.74) is 2.26. The molecule has 5 heteroatoms. The highest BCUT2D eigenvalue weighted by Gasteiger charge is 2.05. The Morgan fingerprint density at radius 3 is 2.75 bits per heavy atom. The maximum absolute atomic E-state index is 3.99. The summed E-state index contributed by atoms with van der Waals surface area (Å²) in [6, 6.07) is 8.65. The molecule has 16 heavy (non-hydrogen) atoms. The van der Waals surface area contributed by atoms with Crippen molar-refractivity contribution < 1.29 is 0 Å². The summed E-state index contributed by atoms with van der Waals surface area (Å²) in [5.74, 6) is 0. The van der Waals surface area contributed by atoms with E-state index in [-0.39, 0.29) is 0 Å². The average molecular weight is 298 g/mol. The quantitative estimate of drug-likeness (QED) is 0.942. The molecule has 0 bridgehead atoms. The maximum atomic E-state index is 3.99. The van der Waals surface area contributed by atoms with Crippen molar-refractivity contribution in [1.29, 1.82) is 0 Å². The number of aromatic nitrogens is 2. The lowest BCUT2D eigenvalue weighted by molar-refractivity contribution is 0.567. The molecule has 0 fully saturated rings. The Bertz CT molecular complexity index is 427. The fourth-order valence-electron chi connectivity index (χ4n) is 1.39. The van der Waals surface area contributed by atoms with Gasteiger partial charge in [-0.25, -0.2) is 0 Å². The zero-order valence-corrected chi connectivity index (χ0v) is 11.3. The summed E-state index contributed by atoms with van der Waals surface area (Å²) in [7, 11) is 0. The summed E-state index contributed by atoms with van der Waals surface area (Å²) < 4.78 is 4.93. The molecule has 3 nitrogen and oxygen atoms in total. The Morgan fingerprint density at radius 1 is 1.38 bits per heavy atom. The van der Waals surface area contributed by atoms with Gasteiger partial charge >= 0.3 is 0 Å². The molecule has 0 aliphatic heterocycles. The molecular weight excluding hydrogens is 286 g/mol. The van der Waals surface area contributed by atoms with Gasteiger partial charge in [-0.3, -0.25) is 0 Å². The van der Waals surface area contributed by atoms with Crippen molar-refractivity contribution >= 4 is 27.5 Å². The van der Waals surface area contributed by atoms with E-state index in [1.54, 1.807) is 0 Å². The molecule has 84 valence electrons. The summed E-state index contributed by atoms with van der Waals surface area (Å²) in [6.07, 6.45) is 0. The van der Waals surface area contributed by atoms with Crippen LogP contribution in [0.15, 0.2) is 34.1 Å². The zero-order valence-electron chi connectivity index (χ0n) is 8.85. The fraction of sp³-hybridized carbons (Fsp3) is 0.273. The van der Waals surface area contributed by atoms with Gasteiger partial charge in [-0.2, -0.15) is 0 Å². The topological polar surface area (TPSA) is 37.8 Å². The van der Waals surface area contributed by atoms with Gasteiger partial charge in [0.15, 0.2) is 0 Å². The largest absolute Gasteiger partial charge is 0.304 e. The normalized spacial score (nSPS) is 12.6. The van der Waals surface area contributed by atoms with Crippen molar-refractivity contribution in [1.82, 2.24) is 14.9 Å². The van der Waals surface area contributed by atoms with Crippen LogP contribution in [0.2, 0.25) is 0 Å². The molecule has 0 spiro atoms. The van der Waals surface area contributed by atoms with Gasteiger partial charge in [-0.1, -0.05) is 32.6 Å². The minimum absolute atomic E-state index is 0.315. The van der Waals surface area contributed by atoms with Gasteiger partial charge < -0.3 is 5.32 Å². The first-order chi connectivity index (χ1) is 7.75. The van der Waals surface area contributed by atoms with Crippen molar-refractivity contribution in [3.63, 3.8) is 0 Å². The highest BCUT2D eigenvalue weighted by Crippen LogP contribution is 2.16. The molecule has 1 aromatic heterocycles. The Balaban J connectivity index is 1.93. The molecular formula is C11H12BrN3S. The molecule has 0 aliphatic rings. The lowest BCUT2D eigenvalue weighted by Crippen LogP contribution is -2.18. The Morgan fingerprint density at radius 2 is 2.12 bits per heavy atom. The van der Waals surface area contributed by atoms with Crippen LogP contribution in [-0.4, -0.2) is 9.59 Å². The van der Waals surface area contributed by atoms with Crippen molar-refractivity contribution in [2.24, 2.45) is 0 Å². The van der Waals surface area contributed by atoms with Crippen molar-refractivity contribution in [3.05, 3.63) is 45.4 Å². The number of rotatable bonds is 4. The Kier molecular flexibility index (Phi) is 4.04. The average Bonchev–Trinajstić information content (AvgIpc) is 2.80. The second-order valence-corrected chi connectivity index (χ2v) is 5.08. The molecule has 1 unspecified atom stereocenters. The summed E-state index contributed by atoms with van der Waals surface area (Å²) in [6.45, 7) is 2.90. The number of nitrogens with one attached hydrogen (secondary N) is 1. The lowest BCUT2D eigenvalue weighted by Gasteiger charge is -2.13. The van der Waals surface area contributed by atoms with Crippen LogP contribution < -0.4 is 5.32 Å². The number of hydrogen-bond acceptors (Lipinski definition) is 4. The molecule has 1 heterocycles. The molecule has 1 aromatic carbocycles. The molecule has 0 saturated heterocycles. The number of nitrogens with zero attached hydrogens (tertiary/aromatic N) is 2. The Hall–Kier alpha value is -0.780. The first-order valence-electron chi connectivity index (χ1n) is 5.00. The number of halogens is 1. The van der Waals surface area contributed by atoms with Gasteiger partial charge in [0.2, 0.25) is 0 Å². The standard InChI is InChI=1S/C11H12BrN3S/c1-8(9-2-4-10(12)5-3-9)13-6-11-7-16-15-14-11/h2-5,7-8,13H,6H2,1H3. The van der Waals surface area contributed by atoms with E-state index in [1.165, 1.54) is 17.1 Å². The van der Waals surface area contributed by atoms with E-state index in [2.05, 4.69) is 62.0 Å². The van der Waals surface area contributed by atoms with E-state index in [4.69, 9.17) is 0 Å². The number of hydrogen-bond donors (Lipinski definition) is 1. The van der Waals surface area contributed by atoms with E-state index in [1.807, 2.05) is 5.38 Å². The molecule has 1 N–H and O–H groups in total. The van der Waals surface area contributed by atoms with Crippen LogP contribution in [0, 0.1) is 0 Å². The molecule has 0 saturated carbocycles. The molecule has 2 aromatic rings. The van der Waals surface area contributed by atoms with E-state index in [9.17, 15) is 0 Å². The predicted octanol–water partition coefficient (Wildman–Crippen LogP) is 3.15. The van der Waals surface area contributed by atoms with E-state index in [0.717, 1.165) is 16.7 Å². The fourth-order valence-corrected chi connectivity index (χ4v) is 2.10. The zero-order chi connectivity index (χ0) is 11.4. The summed E-state index contributed by atoms with van der Waals surface area (Å²) in [5, 5.41) is 9.36. The van der Waals surface area contributed by atoms with E-state index in [0.29, 0.717) is 6.04 Å². The SMILES string of the molecule is CC(NCc1csnn1)c1ccc(Br)cc1. The van der Waals surface area contributed by atoms with Crippen molar-refractivity contribution in [3.8, 4) is 0 Å². The summed E-state index contributed by atoms with van der Waals surface area (Å²) >= 11 is 4.81. The van der Waals surface area contributed by atoms with Crippen LogP contribution in [-0.2, 0) is 6.54 Å². The van der Waals surface area contributed by atoms with Crippen LogP contribution in [0.3, 0.4) is 0 Å². The van der Waals surface area contributed by atoms with Gasteiger partial charge in [0.05, 0.1) is 5.69 Å². The van der Waals surface area contributed by atoms with Crippen LogP contribution >= 0.6 is 27.5 Å². The van der Waals surface area contributed by atoms with Gasteiger partial charge in [0.25, 0.3) is 0 Å². The van der Waals surface area contributed by atoms with Crippen LogP contribution in [0.4, 0.5) is 0 Å². The Labute approximate surface area is 107 Å². The third kappa shape index (κ3) is 3.10. The van der Waals surface area contributed by atoms with Gasteiger partial charge in [0, 0.05) is 22.4 Å². The second-order valence-electron chi connectivity index (χ2n) is 3.55. The minimum atomic E-state index is 0.315. The smallest absolute Gasteiger partial charge is 0.0893 e. The lowest BCUT2D eigenvalue weighted by atomic mass is 10.1. The predicted molar refractivity (Wildman–Crippen MR) is 69.3 cm³/mol. The van der Waals surface area contributed by atoms with Gasteiger partial charge in [-0.15, -0.1) is 5.10 Å². The number of benzene rings is 1. The first-order valence-corrected chi connectivity index (χ1v) is 6.63.